The van der Waals surface area contributed by atoms with Crippen molar-refractivity contribution in [2.24, 2.45) is 0 Å². The minimum atomic E-state index is -1.16. The zero-order valence-electron chi connectivity index (χ0n) is 21.0. The van der Waals surface area contributed by atoms with Crippen molar-refractivity contribution in [2.75, 3.05) is 66.7 Å². The van der Waals surface area contributed by atoms with Crippen LogP contribution in [0.1, 0.15) is 24.0 Å². The molecule has 0 aliphatic carbocycles. The van der Waals surface area contributed by atoms with E-state index in [1.54, 1.807) is 12.1 Å². The first-order valence-corrected chi connectivity index (χ1v) is 14.3. The third kappa shape index (κ3) is 5.07. The number of benzene rings is 1. The summed E-state index contributed by atoms with van der Waals surface area (Å²) in [5.41, 5.74) is 3.63. The normalized spacial score (nSPS) is 19.9. The van der Waals surface area contributed by atoms with E-state index in [0.717, 1.165) is 81.6 Å². The second-order valence-electron chi connectivity index (χ2n) is 9.61. The summed E-state index contributed by atoms with van der Waals surface area (Å²) < 4.78 is 26.4. The first kappa shape index (κ1) is 24.3. The molecule has 1 saturated heterocycles. The van der Waals surface area contributed by atoms with E-state index in [4.69, 9.17) is 19.9 Å². The molecule has 0 bridgehead atoms. The molecule has 3 aromatic rings. The van der Waals surface area contributed by atoms with Crippen molar-refractivity contribution in [3.05, 3.63) is 53.4 Å². The Morgan fingerprint density at radius 1 is 0.946 bits per heavy atom. The summed E-state index contributed by atoms with van der Waals surface area (Å²) in [5, 5.41) is 3.19. The topological polar surface area (TPSA) is 96.4 Å². The number of nitrogens with one attached hydrogen (secondary N) is 1. The lowest BCUT2D eigenvalue weighted by atomic mass is 10.2. The largest absolute Gasteiger partial charge is 0.611 e. The zero-order chi connectivity index (χ0) is 25.4. The summed E-state index contributed by atoms with van der Waals surface area (Å²) in [6.45, 7) is 8.38. The number of anilines is 4. The Morgan fingerprint density at radius 3 is 2.51 bits per heavy atom. The van der Waals surface area contributed by atoms with Crippen LogP contribution in [0.3, 0.4) is 0 Å². The van der Waals surface area contributed by atoms with Crippen molar-refractivity contribution in [3.8, 4) is 0 Å². The van der Waals surface area contributed by atoms with Gasteiger partial charge in [-0.3, -0.25) is 4.98 Å². The van der Waals surface area contributed by atoms with E-state index in [0.29, 0.717) is 34.5 Å². The lowest BCUT2D eigenvalue weighted by molar-refractivity contribution is 0.302. The van der Waals surface area contributed by atoms with Crippen LogP contribution in [0.25, 0.3) is 0 Å². The number of likely N-dealkylation sites (N-methyl/N-ethyl adjacent to an activating group) is 1. The summed E-state index contributed by atoms with van der Waals surface area (Å²) in [6, 6.07) is 6.22. The molecule has 1 N–H and O–H groups in total. The molecule has 11 heteroatoms. The fourth-order valence-electron chi connectivity index (χ4n) is 5.21. The van der Waals surface area contributed by atoms with Crippen LogP contribution >= 0.6 is 0 Å². The van der Waals surface area contributed by atoms with Crippen molar-refractivity contribution in [1.29, 1.82) is 0 Å². The van der Waals surface area contributed by atoms with Crippen LogP contribution in [0.5, 0.6) is 0 Å². The maximum absolute atomic E-state index is 13.8. The molecule has 3 aliphatic rings. The van der Waals surface area contributed by atoms with Gasteiger partial charge in [-0.15, -0.1) is 0 Å². The number of halogens is 1. The van der Waals surface area contributed by atoms with Crippen molar-refractivity contribution in [3.63, 3.8) is 0 Å². The molecule has 9 nitrogen and oxygen atoms in total. The van der Waals surface area contributed by atoms with Gasteiger partial charge >= 0.3 is 0 Å². The van der Waals surface area contributed by atoms with E-state index in [2.05, 4.69) is 26.9 Å². The van der Waals surface area contributed by atoms with Gasteiger partial charge < -0.3 is 24.6 Å². The number of piperazine rings is 1. The van der Waals surface area contributed by atoms with Crippen molar-refractivity contribution in [1.82, 2.24) is 24.8 Å². The van der Waals surface area contributed by atoms with Gasteiger partial charge in [-0.25, -0.2) is 14.4 Å². The minimum absolute atomic E-state index is 0.336. The lowest BCUT2D eigenvalue weighted by Crippen LogP contribution is -2.47. The number of rotatable bonds is 5. The molecule has 3 aliphatic heterocycles. The van der Waals surface area contributed by atoms with Crippen molar-refractivity contribution < 1.29 is 8.94 Å². The van der Waals surface area contributed by atoms with Gasteiger partial charge in [-0.05, 0) is 35.9 Å². The van der Waals surface area contributed by atoms with E-state index >= 15 is 0 Å². The van der Waals surface area contributed by atoms with E-state index < -0.39 is 11.2 Å². The Kier molecular flexibility index (Phi) is 6.83. The number of nitrogens with zero attached hydrogens (tertiary/aromatic N) is 7. The predicted molar refractivity (Wildman–Crippen MR) is 143 cm³/mol. The SMILES string of the molecule is CCN1CCc2ncc(N3CCN(c4nc5c(c(Nc6cccc(F)c6)n4)[S+]([O-])CC5)CC3)nc2CC1. The van der Waals surface area contributed by atoms with Gasteiger partial charge in [0.25, 0.3) is 0 Å². The van der Waals surface area contributed by atoms with Crippen LogP contribution in [-0.2, 0) is 30.4 Å². The van der Waals surface area contributed by atoms with Crippen LogP contribution in [0.15, 0.2) is 35.4 Å². The average Bonchev–Trinajstić information content (AvgIpc) is 3.17. The summed E-state index contributed by atoms with van der Waals surface area (Å²) in [6.07, 6.45) is 4.46. The molecule has 1 unspecified atom stereocenters. The first-order valence-electron chi connectivity index (χ1n) is 13.0. The van der Waals surface area contributed by atoms with Crippen molar-refractivity contribution >= 4 is 34.4 Å². The molecular weight excluding hydrogens is 491 g/mol. The van der Waals surface area contributed by atoms with E-state index in [1.165, 1.54) is 12.1 Å². The molecule has 0 radical (unpaired) electrons. The highest BCUT2D eigenvalue weighted by atomic mass is 32.2. The minimum Gasteiger partial charge on any atom is -0.611 e. The molecule has 0 amide bonds. The van der Waals surface area contributed by atoms with Crippen LogP contribution in [-0.4, -0.2) is 81.0 Å². The van der Waals surface area contributed by atoms with E-state index in [1.807, 2.05) is 6.20 Å². The maximum Gasteiger partial charge on any atom is 0.228 e. The Hall–Kier alpha value is -3.02. The second kappa shape index (κ2) is 10.4. The van der Waals surface area contributed by atoms with Crippen LogP contribution in [0, 0.1) is 5.82 Å². The van der Waals surface area contributed by atoms with Crippen LogP contribution < -0.4 is 15.1 Å². The average molecular weight is 523 g/mol. The third-order valence-electron chi connectivity index (χ3n) is 7.35. The summed E-state index contributed by atoms with van der Waals surface area (Å²) >= 11 is -1.16. The van der Waals surface area contributed by atoms with Gasteiger partial charge in [0.05, 0.1) is 17.6 Å². The predicted octanol–water partition coefficient (Wildman–Crippen LogP) is 2.56. The molecule has 0 saturated carbocycles. The molecule has 194 valence electrons. The van der Waals surface area contributed by atoms with Gasteiger partial charge in [0.15, 0.2) is 5.82 Å². The second-order valence-corrected chi connectivity index (χ2v) is 11.1. The molecule has 1 fully saturated rings. The number of aromatic nitrogens is 4. The zero-order valence-corrected chi connectivity index (χ0v) is 21.8. The Balaban J connectivity index is 1.18. The molecule has 6 rings (SSSR count). The maximum atomic E-state index is 13.8. The molecular formula is C26H31FN8OS. The smallest absolute Gasteiger partial charge is 0.228 e. The molecule has 0 spiro atoms. The molecule has 1 aromatic carbocycles. The van der Waals surface area contributed by atoms with Gasteiger partial charge in [0.2, 0.25) is 10.8 Å². The highest BCUT2D eigenvalue weighted by molar-refractivity contribution is 7.91. The highest BCUT2D eigenvalue weighted by Crippen LogP contribution is 2.34. The fraction of sp³-hybridized carbons (Fsp3) is 0.462. The molecule has 2 aromatic heterocycles. The van der Waals surface area contributed by atoms with E-state index in [-0.39, 0.29) is 5.82 Å². The Labute approximate surface area is 219 Å². The van der Waals surface area contributed by atoms with Gasteiger partial charge in [0, 0.05) is 64.2 Å². The first-order chi connectivity index (χ1) is 18.1. The lowest BCUT2D eigenvalue weighted by Gasteiger charge is -2.35. The Morgan fingerprint density at radius 2 is 1.73 bits per heavy atom. The summed E-state index contributed by atoms with van der Waals surface area (Å²) in [5.74, 6) is 2.25. The van der Waals surface area contributed by atoms with Gasteiger partial charge in [-0.1, -0.05) is 13.0 Å². The molecule has 1 atom stereocenters. The molecule has 37 heavy (non-hydrogen) atoms. The monoisotopic (exact) mass is 522 g/mol. The standard InChI is InChI=1S/C26H31FN8OS/c1-2-33-9-6-20-21(7-10-33)30-23(17-28-20)34-11-13-35(14-12-34)26-31-22-8-15-37(36)24(22)25(32-26)29-19-5-3-4-18(27)16-19/h3-5,16-17H,2,6-15H2,1H3,(H,29,31,32). The summed E-state index contributed by atoms with van der Waals surface area (Å²) in [4.78, 5) is 26.8. The van der Waals surface area contributed by atoms with Crippen LogP contribution in [0.2, 0.25) is 0 Å². The van der Waals surface area contributed by atoms with Crippen LogP contribution in [0.4, 0.5) is 27.7 Å². The number of hydrogen-bond donors (Lipinski definition) is 1. The summed E-state index contributed by atoms with van der Waals surface area (Å²) in [7, 11) is 0. The van der Waals surface area contributed by atoms with Crippen molar-refractivity contribution in [2.45, 2.75) is 31.1 Å². The molecule has 5 heterocycles. The third-order valence-corrected chi connectivity index (χ3v) is 8.80. The number of fused-ring (bicyclic) bond motifs is 2. The van der Waals surface area contributed by atoms with E-state index in [9.17, 15) is 8.94 Å². The number of hydrogen-bond acceptors (Lipinski definition) is 9. The van der Waals surface area contributed by atoms with Gasteiger partial charge in [0.1, 0.15) is 23.1 Å². The Bertz CT molecular complexity index is 1290. The van der Waals surface area contributed by atoms with Gasteiger partial charge in [-0.2, -0.15) is 4.98 Å². The number of aryl methyl sites for hydroxylation is 1. The highest BCUT2D eigenvalue weighted by Gasteiger charge is 2.33. The quantitative estimate of drug-likeness (QED) is 0.507. The fourth-order valence-corrected chi connectivity index (χ4v) is 6.51.